The number of nitrogens with one attached hydrogen (secondary N) is 1. The molecule has 4 heterocycles. The molecular formula is C15H16N6O3S. The van der Waals surface area contributed by atoms with Gasteiger partial charge in [-0.3, -0.25) is 19.3 Å². The molecule has 10 heteroatoms. The van der Waals surface area contributed by atoms with Crippen molar-refractivity contribution >= 4 is 28.3 Å². The molecule has 1 atom stereocenters. The maximum Gasteiger partial charge on any atom is 0.254 e. The molecular weight excluding hydrogens is 344 g/mol. The topological polar surface area (TPSA) is 112 Å². The zero-order valence-corrected chi connectivity index (χ0v) is 14.4. The second-order valence-corrected chi connectivity index (χ2v) is 7.34. The normalized spacial score (nSPS) is 20.0. The predicted molar refractivity (Wildman–Crippen MR) is 89.1 cm³/mol. The summed E-state index contributed by atoms with van der Waals surface area (Å²) in [6.45, 7) is 2.91. The number of aromatic nitrogens is 4. The maximum atomic E-state index is 12.8. The summed E-state index contributed by atoms with van der Waals surface area (Å²) in [5.41, 5.74) is 1.12. The van der Waals surface area contributed by atoms with Crippen LogP contribution in [0.1, 0.15) is 22.7 Å². The quantitative estimate of drug-likeness (QED) is 0.798. The molecule has 1 saturated heterocycles. The number of rotatable bonds is 2. The molecule has 130 valence electrons. The Morgan fingerprint density at radius 2 is 2.20 bits per heavy atom. The number of carbonyl (C=O) groups is 2. The summed E-state index contributed by atoms with van der Waals surface area (Å²) < 4.78 is 0. The minimum atomic E-state index is -0.403. The summed E-state index contributed by atoms with van der Waals surface area (Å²) in [6.07, 6.45) is 2.00. The first-order valence-electron chi connectivity index (χ1n) is 7.97. The lowest BCUT2D eigenvalue weighted by Crippen LogP contribution is -2.42. The molecule has 4 rings (SSSR count). The molecule has 0 aliphatic carbocycles. The number of hydrogen-bond acceptors (Lipinski definition) is 7. The van der Waals surface area contributed by atoms with Crippen LogP contribution in [0.4, 0.5) is 5.13 Å². The molecule has 0 spiro atoms. The van der Waals surface area contributed by atoms with Crippen LogP contribution in [0.3, 0.4) is 0 Å². The van der Waals surface area contributed by atoms with Crippen LogP contribution >= 0.6 is 11.3 Å². The molecule has 9 nitrogen and oxygen atoms in total. The van der Waals surface area contributed by atoms with Crippen molar-refractivity contribution in [3.8, 4) is 0 Å². The number of anilines is 1. The molecule has 1 fully saturated rings. The molecule has 1 N–H and O–H groups in total. The first-order valence-corrected chi connectivity index (χ1v) is 8.79. The van der Waals surface area contributed by atoms with E-state index in [1.165, 1.54) is 22.6 Å². The zero-order chi connectivity index (χ0) is 17.6. The van der Waals surface area contributed by atoms with Crippen LogP contribution in [0, 0.1) is 12.8 Å². The van der Waals surface area contributed by atoms with Crippen molar-refractivity contribution in [2.75, 3.05) is 18.0 Å². The highest BCUT2D eigenvalue weighted by Crippen LogP contribution is 2.29. The van der Waals surface area contributed by atoms with E-state index >= 15 is 0 Å². The van der Waals surface area contributed by atoms with E-state index in [0.717, 1.165) is 5.01 Å². The number of hydrogen-bond donors (Lipinski definition) is 1. The standard InChI is InChI=1S/C15H16N6O3S/c1-8-18-19-15(25-8)21-5-9(4-12(21)22)14(24)20-3-2-10-11(6-20)16-7-17-13(10)23/h7,9H,2-6H2,1H3,(H,16,17,23). The number of fused-ring (bicyclic) bond motifs is 1. The lowest BCUT2D eigenvalue weighted by molar-refractivity contribution is -0.136. The molecule has 0 bridgehead atoms. The lowest BCUT2D eigenvalue weighted by atomic mass is 10.0. The third kappa shape index (κ3) is 2.82. The Bertz CT molecular complexity index is 907. The fourth-order valence-electron chi connectivity index (χ4n) is 3.27. The monoisotopic (exact) mass is 360 g/mol. The highest BCUT2D eigenvalue weighted by atomic mass is 32.1. The highest BCUT2D eigenvalue weighted by Gasteiger charge is 2.39. The van der Waals surface area contributed by atoms with Crippen molar-refractivity contribution in [1.29, 1.82) is 0 Å². The van der Waals surface area contributed by atoms with E-state index in [4.69, 9.17) is 0 Å². The number of H-pyrrole nitrogens is 1. The highest BCUT2D eigenvalue weighted by molar-refractivity contribution is 7.15. The van der Waals surface area contributed by atoms with Crippen LogP contribution in [0.5, 0.6) is 0 Å². The van der Waals surface area contributed by atoms with Gasteiger partial charge in [-0.05, 0) is 13.3 Å². The molecule has 2 aromatic rings. The van der Waals surface area contributed by atoms with Gasteiger partial charge in [0.05, 0.1) is 24.5 Å². The number of aryl methyl sites for hydroxylation is 1. The van der Waals surface area contributed by atoms with Gasteiger partial charge in [0, 0.05) is 25.1 Å². The molecule has 0 aromatic carbocycles. The average Bonchev–Trinajstić information content (AvgIpc) is 3.19. The molecule has 1 unspecified atom stereocenters. The van der Waals surface area contributed by atoms with Gasteiger partial charge >= 0.3 is 0 Å². The molecule has 0 radical (unpaired) electrons. The van der Waals surface area contributed by atoms with Gasteiger partial charge in [0.2, 0.25) is 16.9 Å². The Labute approximate surface area is 146 Å². The van der Waals surface area contributed by atoms with Gasteiger partial charge in [-0.2, -0.15) is 0 Å². The summed E-state index contributed by atoms with van der Waals surface area (Å²) >= 11 is 1.34. The van der Waals surface area contributed by atoms with Gasteiger partial charge in [0.15, 0.2) is 0 Å². The Morgan fingerprint density at radius 3 is 2.96 bits per heavy atom. The summed E-state index contributed by atoms with van der Waals surface area (Å²) in [4.78, 5) is 46.8. The van der Waals surface area contributed by atoms with E-state index in [1.807, 2.05) is 6.92 Å². The Kier molecular flexibility index (Phi) is 3.83. The molecule has 2 aliphatic heterocycles. The molecule has 2 aromatic heterocycles. The summed E-state index contributed by atoms with van der Waals surface area (Å²) in [6, 6.07) is 0. The van der Waals surface area contributed by atoms with E-state index < -0.39 is 5.92 Å². The fourth-order valence-corrected chi connectivity index (χ4v) is 3.98. The average molecular weight is 360 g/mol. The van der Waals surface area contributed by atoms with Gasteiger partial charge in [-0.25, -0.2) is 4.98 Å². The van der Waals surface area contributed by atoms with E-state index in [9.17, 15) is 14.4 Å². The number of carbonyl (C=O) groups excluding carboxylic acids is 2. The van der Waals surface area contributed by atoms with Gasteiger partial charge in [0.1, 0.15) is 5.01 Å². The van der Waals surface area contributed by atoms with E-state index in [0.29, 0.717) is 42.4 Å². The van der Waals surface area contributed by atoms with Crippen molar-refractivity contribution in [1.82, 2.24) is 25.1 Å². The first-order chi connectivity index (χ1) is 12.0. The fraction of sp³-hybridized carbons (Fsp3) is 0.467. The van der Waals surface area contributed by atoms with Gasteiger partial charge in [-0.1, -0.05) is 11.3 Å². The second kappa shape index (κ2) is 6.03. The summed E-state index contributed by atoms with van der Waals surface area (Å²) in [7, 11) is 0. The van der Waals surface area contributed by atoms with Crippen LogP contribution in [0.15, 0.2) is 11.1 Å². The van der Waals surface area contributed by atoms with Crippen LogP contribution in [-0.4, -0.2) is 50.0 Å². The Morgan fingerprint density at radius 1 is 1.36 bits per heavy atom. The van der Waals surface area contributed by atoms with Crippen molar-refractivity contribution < 1.29 is 9.59 Å². The minimum Gasteiger partial charge on any atom is -0.336 e. The van der Waals surface area contributed by atoms with Crippen molar-refractivity contribution in [2.24, 2.45) is 5.92 Å². The SMILES string of the molecule is Cc1nnc(N2CC(C(=O)N3CCc4c(nc[nH]c4=O)C3)CC2=O)s1. The Balaban J connectivity index is 1.49. The van der Waals surface area contributed by atoms with Gasteiger partial charge in [0.25, 0.3) is 5.56 Å². The smallest absolute Gasteiger partial charge is 0.254 e. The number of nitrogens with zero attached hydrogens (tertiary/aromatic N) is 5. The summed E-state index contributed by atoms with van der Waals surface area (Å²) in [5.74, 6) is -0.591. The second-order valence-electron chi connectivity index (χ2n) is 6.18. The van der Waals surface area contributed by atoms with Gasteiger partial charge in [-0.15, -0.1) is 10.2 Å². The van der Waals surface area contributed by atoms with E-state index in [1.54, 1.807) is 4.90 Å². The Hall–Kier alpha value is -2.62. The molecule has 2 aliphatic rings. The molecule has 25 heavy (non-hydrogen) atoms. The van der Waals surface area contributed by atoms with Crippen LogP contribution < -0.4 is 10.5 Å². The van der Waals surface area contributed by atoms with Crippen LogP contribution in [0.25, 0.3) is 0 Å². The van der Waals surface area contributed by atoms with Crippen molar-refractivity contribution in [3.05, 3.63) is 32.9 Å². The minimum absolute atomic E-state index is 0.0789. The van der Waals surface area contributed by atoms with Crippen molar-refractivity contribution in [3.63, 3.8) is 0 Å². The molecule has 2 amide bonds. The van der Waals surface area contributed by atoms with Crippen LogP contribution in [0.2, 0.25) is 0 Å². The van der Waals surface area contributed by atoms with Crippen molar-refractivity contribution in [2.45, 2.75) is 26.3 Å². The number of amides is 2. The van der Waals surface area contributed by atoms with Crippen LogP contribution in [-0.2, 0) is 22.6 Å². The van der Waals surface area contributed by atoms with Gasteiger partial charge < -0.3 is 9.88 Å². The zero-order valence-electron chi connectivity index (χ0n) is 13.6. The molecule has 0 saturated carbocycles. The predicted octanol–water partition coefficient (Wildman–Crippen LogP) is -0.132. The van der Waals surface area contributed by atoms with E-state index in [2.05, 4.69) is 20.2 Å². The lowest BCUT2D eigenvalue weighted by Gasteiger charge is -2.29. The number of aromatic amines is 1. The van der Waals surface area contributed by atoms with E-state index in [-0.39, 0.29) is 23.8 Å². The third-order valence-corrected chi connectivity index (χ3v) is 5.40. The summed E-state index contributed by atoms with van der Waals surface area (Å²) in [5, 5.41) is 9.24. The maximum absolute atomic E-state index is 12.8. The largest absolute Gasteiger partial charge is 0.336 e. The first kappa shape index (κ1) is 15.9. The third-order valence-electron chi connectivity index (χ3n) is 4.54.